The Morgan fingerprint density at radius 3 is 3.00 bits per heavy atom. The van der Waals surface area contributed by atoms with Crippen molar-refractivity contribution in [2.24, 2.45) is 5.73 Å². The van der Waals surface area contributed by atoms with Crippen molar-refractivity contribution in [3.8, 4) is 0 Å². The monoisotopic (exact) mass is 318 g/mol. The molecule has 96 valence electrons. The maximum Gasteiger partial charge on any atom is 0.0674 e. The highest BCUT2D eigenvalue weighted by molar-refractivity contribution is 9.10. The number of halogens is 1. The van der Waals surface area contributed by atoms with E-state index in [-0.39, 0.29) is 0 Å². The smallest absolute Gasteiger partial charge is 0.0674 e. The Balaban J connectivity index is 2.15. The number of morpholine rings is 1. The number of thiophene rings is 1. The third-order valence-electron chi connectivity index (χ3n) is 3.14. The molecule has 2 rings (SSSR count). The van der Waals surface area contributed by atoms with Crippen molar-refractivity contribution in [1.82, 2.24) is 4.90 Å². The van der Waals surface area contributed by atoms with Gasteiger partial charge in [0.1, 0.15) is 0 Å². The van der Waals surface area contributed by atoms with Crippen LogP contribution in [0.15, 0.2) is 10.5 Å². The lowest BCUT2D eigenvalue weighted by molar-refractivity contribution is -0.0328. The second kappa shape index (κ2) is 5.80. The van der Waals surface area contributed by atoms with Crippen LogP contribution in [0.2, 0.25) is 0 Å². The molecule has 0 saturated carbocycles. The SMILES string of the molecule is Cc1sc(C(CN)N2CCOC(C)C2)cc1Br. The van der Waals surface area contributed by atoms with E-state index in [2.05, 4.69) is 40.7 Å². The van der Waals surface area contributed by atoms with Gasteiger partial charge in [0.2, 0.25) is 0 Å². The van der Waals surface area contributed by atoms with Crippen LogP contribution in [0.3, 0.4) is 0 Å². The Morgan fingerprint density at radius 2 is 2.47 bits per heavy atom. The minimum atomic E-state index is 0.308. The number of hydrogen-bond acceptors (Lipinski definition) is 4. The molecule has 1 aliphatic heterocycles. The van der Waals surface area contributed by atoms with E-state index in [1.807, 2.05) is 11.3 Å². The third-order valence-corrected chi connectivity index (χ3v) is 5.38. The molecule has 2 atom stereocenters. The van der Waals surface area contributed by atoms with Gasteiger partial charge in [-0.15, -0.1) is 11.3 Å². The summed E-state index contributed by atoms with van der Waals surface area (Å²) in [4.78, 5) is 5.11. The summed E-state index contributed by atoms with van der Waals surface area (Å²) in [5, 5.41) is 0. The minimum absolute atomic E-state index is 0.308. The van der Waals surface area contributed by atoms with Crippen LogP contribution in [0.1, 0.15) is 22.7 Å². The van der Waals surface area contributed by atoms with Crippen LogP contribution >= 0.6 is 27.3 Å². The molecule has 17 heavy (non-hydrogen) atoms. The van der Waals surface area contributed by atoms with Crippen molar-refractivity contribution in [2.45, 2.75) is 26.0 Å². The number of rotatable bonds is 3. The van der Waals surface area contributed by atoms with Gasteiger partial charge in [-0.1, -0.05) is 0 Å². The summed E-state index contributed by atoms with van der Waals surface area (Å²) in [6.45, 7) is 7.67. The second-order valence-corrected chi connectivity index (χ2v) is 6.62. The average Bonchev–Trinajstić information content (AvgIpc) is 2.60. The standard InChI is InChI=1S/C12H19BrN2OS/c1-8-7-15(3-4-16-8)11(6-14)12-5-10(13)9(2)17-12/h5,8,11H,3-4,6-7,14H2,1-2H3. The summed E-state index contributed by atoms with van der Waals surface area (Å²) >= 11 is 5.41. The first-order valence-corrected chi connectivity index (χ1v) is 7.54. The predicted octanol–water partition coefficient (Wildman–Crippen LogP) is 2.54. The molecule has 0 amide bonds. The van der Waals surface area contributed by atoms with Gasteiger partial charge in [-0.3, -0.25) is 4.90 Å². The van der Waals surface area contributed by atoms with E-state index in [0.29, 0.717) is 18.7 Å². The summed E-state index contributed by atoms with van der Waals surface area (Å²) in [6, 6.07) is 2.54. The molecule has 0 bridgehead atoms. The van der Waals surface area contributed by atoms with Gasteiger partial charge >= 0.3 is 0 Å². The molecule has 3 nitrogen and oxygen atoms in total. The maximum atomic E-state index is 5.95. The fraction of sp³-hybridized carbons (Fsp3) is 0.667. The molecule has 2 N–H and O–H groups in total. The highest BCUT2D eigenvalue weighted by atomic mass is 79.9. The fourth-order valence-electron chi connectivity index (χ4n) is 2.22. The summed E-state index contributed by atoms with van der Waals surface area (Å²) < 4.78 is 6.77. The van der Waals surface area contributed by atoms with Crippen LogP contribution < -0.4 is 5.73 Å². The normalized spacial score (nSPS) is 23.9. The van der Waals surface area contributed by atoms with Crippen molar-refractivity contribution in [3.63, 3.8) is 0 Å². The van der Waals surface area contributed by atoms with Crippen molar-refractivity contribution in [3.05, 3.63) is 20.3 Å². The average molecular weight is 319 g/mol. The quantitative estimate of drug-likeness (QED) is 0.930. The van der Waals surface area contributed by atoms with Gasteiger partial charge in [-0.25, -0.2) is 0 Å². The number of aryl methyl sites for hydroxylation is 1. The van der Waals surface area contributed by atoms with Crippen LogP contribution in [0.25, 0.3) is 0 Å². The van der Waals surface area contributed by atoms with Crippen LogP contribution in [0, 0.1) is 6.92 Å². The largest absolute Gasteiger partial charge is 0.376 e. The second-order valence-electron chi connectivity index (χ2n) is 4.48. The molecule has 0 aromatic carbocycles. The summed E-state index contributed by atoms with van der Waals surface area (Å²) in [5.41, 5.74) is 5.95. The Bertz CT molecular complexity index is 363. The zero-order valence-corrected chi connectivity index (χ0v) is 12.7. The first-order chi connectivity index (χ1) is 8.11. The van der Waals surface area contributed by atoms with Gasteiger partial charge in [0.05, 0.1) is 18.8 Å². The lowest BCUT2D eigenvalue weighted by Gasteiger charge is -2.36. The molecule has 5 heteroatoms. The Labute approximate surface area is 115 Å². The molecule has 0 radical (unpaired) electrons. The molecule has 0 aliphatic carbocycles. The summed E-state index contributed by atoms with van der Waals surface area (Å²) in [5.74, 6) is 0. The van der Waals surface area contributed by atoms with Crippen LogP contribution in [-0.4, -0.2) is 37.2 Å². The Kier molecular flexibility index (Phi) is 4.60. The zero-order valence-electron chi connectivity index (χ0n) is 10.3. The van der Waals surface area contributed by atoms with Crippen LogP contribution in [-0.2, 0) is 4.74 Å². The van der Waals surface area contributed by atoms with Gasteiger partial charge in [-0.2, -0.15) is 0 Å². The van der Waals surface area contributed by atoms with Crippen molar-refractivity contribution >= 4 is 27.3 Å². The molecular formula is C12H19BrN2OS. The van der Waals surface area contributed by atoms with Gasteiger partial charge in [0, 0.05) is 33.9 Å². The number of nitrogens with zero attached hydrogens (tertiary/aromatic N) is 1. The molecule has 2 unspecified atom stereocenters. The molecule has 1 saturated heterocycles. The zero-order chi connectivity index (χ0) is 12.4. The number of nitrogens with two attached hydrogens (primary N) is 1. The Hall–Kier alpha value is 0.0600. The molecule has 1 aliphatic rings. The number of hydrogen-bond donors (Lipinski definition) is 1. The molecule has 2 heterocycles. The first kappa shape index (κ1) is 13.5. The van der Waals surface area contributed by atoms with E-state index in [1.54, 1.807) is 0 Å². The molecule has 1 aromatic rings. The summed E-state index contributed by atoms with van der Waals surface area (Å²) in [7, 11) is 0. The molecule has 1 aromatic heterocycles. The van der Waals surface area contributed by atoms with E-state index in [4.69, 9.17) is 10.5 Å². The summed E-state index contributed by atoms with van der Waals surface area (Å²) in [6.07, 6.45) is 0.308. The third kappa shape index (κ3) is 3.09. The van der Waals surface area contributed by atoms with Crippen molar-refractivity contribution in [2.75, 3.05) is 26.2 Å². The van der Waals surface area contributed by atoms with E-state index in [9.17, 15) is 0 Å². The van der Waals surface area contributed by atoms with Gasteiger partial charge in [0.15, 0.2) is 0 Å². The van der Waals surface area contributed by atoms with E-state index in [1.165, 1.54) is 14.2 Å². The molecular weight excluding hydrogens is 300 g/mol. The first-order valence-electron chi connectivity index (χ1n) is 5.93. The highest BCUT2D eigenvalue weighted by Gasteiger charge is 2.26. The topological polar surface area (TPSA) is 38.5 Å². The van der Waals surface area contributed by atoms with Crippen LogP contribution in [0.4, 0.5) is 0 Å². The van der Waals surface area contributed by atoms with E-state index in [0.717, 1.165) is 19.7 Å². The van der Waals surface area contributed by atoms with E-state index < -0.39 is 0 Å². The van der Waals surface area contributed by atoms with Crippen LogP contribution in [0.5, 0.6) is 0 Å². The van der Waals surface area contributed by atoms with Gasteiger partial charge in [0.25, 0.3) is 0 Å². The lowest BCUT2D eigenvalue weighted by atomic mass is 10.1. The maximum absolute atomic E-state index is 5.95. The van der Waals surface area contributed by atoms with Gasteiger partial charge in [-0.05, 0) is 35.8 Å². The van der Waals surface area contributed by atoms with Crippen molar-refractivity contribution < 1.29 is 4.74 Å². The Morgan fingerprint density at radius 1 is 1.71 bits per heavy atom. The predicted molar refractivity (Wildman–Crippen MR) is 75.5 cm³/mol. The minimum Gasteiger partial charge on any atom is -0.376 e. The van der Waals surface area contributed by atoms with Gasteiger partial charge < -0.3 is 10.5 Å². The molecule has 0 spiro atoms. The van der Waals surface area contributed by atoms with Crippen molar-refractivity contribution in [1.29, 1.82) is 0 Å². The fourth-order valence-corrected chi connectivity index (χ4v) is 3.93. The van der Waals surface area contributed by atoms with E-state index >= 15 is 0 Å². The molecule has 1 fully saturated rings. The highest BCUT2D eigenvalue weighted by Crippen LogP contribution is 2.33. The number of ether oxygens (including phenoxy) is 1. The lowest BCUT2D eigenvalue weighted by Crippen LogP contribution is -2.44.